The lowest BCUT2D eigenvalue weighted by Crippen LogP contribution is -2.55. The minimum absolute atomic E-state index is 0.0142. The van der Waals surface area contributed by atoms with Crippen molar-refractivity contribution in [3.63, 3.8) is 0 Å². The summed E-state index contributed by atoms with van der Waals surface area (Å²) >= 11 is 1.64. The molecule has 2 aliphatic heterocycles. The molecule has 4 heterocycles. The standard InChI is InChI=1S/C32H43N7O3S/c1-20-16-22(28-31(41)37(3)15-14-36(28)2)11-12-24(20)34-29-32(42)38(4)19-27(35-29)39-13-7-9-23(18-39)33-30(40)26-17-21-8-5-6-10-25(21)43-26/h11-12,16-17,19-20,23-24,28H,5-10,13-15,18H2,1-4H3,(H,33,40)(H,34,35). The zero-order valence-corrected chi connectivity index (χ0v) is 26.5. The van der Waals surface area contributed by atoms with Crippen molar-refractivity contribution in [2.24, 2.45) is 13.0 Å². The molecule has 4 atom stereocenters. The Labute approximate surface area is 257 Å². The summed E-state index contributed by atoms with van der Waals surface area (Å²) < 4.78 is 1.58. The van der Waals surface area contributed by atoms with Crippen molar-refractivity contribution in [1.29, 1.82) is 0 Å². The first-order chi connectivity index (χ1) is 20.7. The van der Waals surface area contributed by atoms with Gasteiger partial charge in [-0.1, -0.05) is 25.2 Å². The molecule has 11 heteroatoms. The lowest BCUT2D eigenvalue weighted by atomic mass is 9.88. The molecule has 2 aromatic heterocycles. The van der Waals surface area contributed by atoms with Crippen LogP contribution in [0.25, 0.3) is 0 Å². The van der Waals surface area contributed by atoms with Gasteiger partial charge in [0, 0.05) is 57.4 Å². The van der Waals surface area contributed by atoms with Gasteiger partial charge in [-0.15, -0.1) is 11.3 Å². The molecule has 4 aliphatic rings. The van der Waals surface area contributed by atoms with Crippen molar-refractivity contribution in [3.05, 3.63) is 61.7 Å². The summed E-state index contributed by atoms with van der Waals surface area (Å²) in [6.07, 6.45) is 14.4. The number of rotatable bonds is 6. The topological polar surface area (TPSA) is 103 Å². The number of hydrogen-bond acceptors (Lipinski definition) is 8. The molecule has 0 aromatic carbocycles. The second-order valence-corrected chi connectivity index (χ2v) is 13.7. The number of hydrogen-bond donors (Lipinski definition) is 2. The van der Waals surface area contributed by atoms with Gasteiger partial charge in [-0.05, 0) is 68.7 Å². The predicted octanol–water partition coefficient (Wildman–Crippen LogP) is 2.80. The molecule has 2 fully saturated rings. The van der Waals surface area contributed by atoms with E-state index in [0.717, 1.165) is 61.6 Å². The SMILES string of the molecule is CC1C=C(C2C(=O)N(C)CCN2C)C=CC1Nc1nc(N2CCCC(NC(=O)c3cc4c(s3)CCCC4)C2)cn(C)c1=O. The highest BCUT2D eigenvalue weighted by molar-refractivity contribution is 7.14. The van der Waals surface area contributed by atoms with E-state index in [1.54, 1.807) is 34.0 Å². The van der Waals surface area contributed by atoms with E-state index in [1.165, 1.54) is 23.3 Å². The van der Waals surface area contributed by atoms with Crippen LogP contribution in [0.15, 0.2) is 40.9 Å². The first-order valence-corrected chi connectivity index (χ1v) is 16.4. The Kier molecular flexibility index (Phi) is 8.46. The summed E-state index contributed by atoms with van der Waals surface area (Å²) in [6.45, 7) is 5.11. The van der Waals surface area contributed by atoms with E-state index >= 15 is 0 Å². The number of piperidine rings is 1. The van der Waals surface area contributed by atoms with Gasteiger partial charge in [0.25, 0.3) is 11.5 Å². The highest BCUT2D eigenvalue weighted by atomic mass is 32.1. The van der Waals surface area contributed by atoms with Gasteiger partial charge in [-0.3, -0.25) is 19.3 Å². The molecule has 2 aliphatic carbocycles. The molecule has 230 valence electrons. The van der Waals surface area contributed by atoms with Crippen LogP contribution in [0.5, 0.6) is 0 Å². The average Bonchev–Trinajstić information content (AvgIpc) is 3.44. The highest BCUT2D eigenvalue weighted by Gasteiger charge is 2.34. The number of aromatic nitrogens is 2. The van der Waals surface area contributed by atoms with Crippen LogP contribution >= 0.6 is 11.3 Å². The molecular weight excluding hydrogens is 562 g/mol. The van der Waals surface area contributed by atoms with Crippen molar-refractivity contribution >= 4 is 34.8 Å². The number of piperazine rings is 1. The maximum Gasteiger partial charge on any atom is 0.293 e. The molecule has 2 saturated heterocycles. The van der Waals surface area contributed by atoms with Crippen LogP contribution in [0, 0.1) is 5.92 Å². The summed E-state index contributed by atoms with van der Waals surface area (Å²) in [7, 11) is 5.59. The van der Waals surface area contributed by atoms with Gasteiger partial charge in [-0.2, -0.15) is 0 Å². The van der Waals surface area contributed by atoms with Gasteiger partial charge in [0.1, 0.15) is 11.9 Å². The van der Waals surface area contributed by atoms with Crippen LogP contribution in [0.1, 0.15) is 52.7 Å². The number of likely N-dealkylation sites (N-methyl/N-ethyl adjacent to an activating group) is 2. The summed E-state index contributed by atoms with van der Waals surface area (Å²) in [5.41, 5.74) is 2.15. The molecule has 0 bridgehead atoms. The Morgan fingerprint density at radius 2 is 1.88 bits per heavy atom. The monoisotopic (exact) mass is 605 g/mol. The van der Waals surface area contributed by atoms with E-state index in [-0.39, 0.29) is 41.4 Å². The number of carbonyl (C=O) groups excluding carboxylic acids is 2. The fourth-order valence-electron chi connectivity index (χ4n) is 6.71. The number of amides is 2. The van der Waals surface area contributed by atoms with Crippen LogP contribution in [0.2, 0.25) is 0 Å². The number of thiophene rings is 1. The van der Waals surface area contributed by atoms with E-state index in [4.69, 9.17) is 4.98 Å². The third-order valence-corrected chi connectivity index (χ3v) is 10.6. The minimum Gasteiger partial charge on any atom is -0.359 e. The van der Waals surface area contributed by atoms with E-state index in [1.807, 2.05) is 26.2 Å². The molecule has 2 amide bonds. The molecule has 2 aromatic rings. The molecule has 2 N–H and O–H groups in total. The second-order valence-electron chi connectivity index (χ2n) is 12.6. The minimum atomic E-state index is -0.287. The highest BCUT2D eigenvalue weighted by Crippen LogP contribution is 2.30. The van der Waals surface area contributed by atoms with Crippen molar-refractivity contribution in [1.82, 2.24) is 24.7 Å². The molecular formula is C32H43N7O3S. The summed E-state index contributed by atoms with van der Waals surface area (Å²) in [4.78, 5) is 52.2. The zero-order valence-electron chi connectivity index (χ0n) is 25.6. The Balaban J connectivity index is 1.13. The Bertz CT molecular complexity index is 1490. The van der Waals surface area contributed by atoms with E-state index in [9.17, 15) is 14.4 Å². The van der Waals surface area contributed by atoms with Gasteiger partial charge in [0.15, 0.2) is 5.82 Å². The number of carbonyl (C=O) groups is 2. The normalized spacial score (nSPS) is 26.2. The van der Waals surface area contributed by atoms with Gasteiger partial charge >= 0.3 is 0 Å². The molecule has 43 heavy (non-hydrogen) atoms. The third-order valence-electron chi connectivity index (χ3n) is 9.34. The molecule has 0 saturated carbocycles. The van der Waals surface area contributed by atoms with Crippen molar-refractivity contribution < 1.29 is 9.59 Å². The Morgan fingerprint density at radius 1 is 1.07 bits per heavy atom. The van der Waals surface area contributed by atoms with E-state index in [0.29, 0.717) is 12.4 Å². The summed E-state index contributed by atoms with van der Waals surface area (Å²) in [6, 6.07) is 1.68. The summed E-state index contributed by atoms with van der Waals surface area (Å²) in [5, 5.41) is 6.65. The molecule has 10 nitrogen and oxygen atoms in total. The van der Waals surface area contributed by atoms with E-state index in [2.05, 4.69) is 39.5 Å². The smallest absolute Gasteiger partial charge is 0.293 e. The largest absolute Gasteiger partial charge is 0.359 e. The Hall–Kier alpha value is -3.44. The van der Waals surface area contributed by atoms with Crippen LogP contribution in [0.3, 0.4) is 0 Å². The second kappa shape index (κ2) is 12.3. The van der Waals surface area contributed by atoms with Crippen molar-refractivity contribution in [2.45, 2.75) is 63.6 Å². The predicted molar refractivity (Wildman–Crippen MR) is 171 cm³/mol. The summed E-state index contributed by atoms with van der Waals surface area (Å²) in [5.74, 6) is 1.20. The average molecular weight is 606 g/mol. The van der Waals surface area contributed by atoms with Crippen LogP contribution < -0.4 is 21.1 Å². The van der Waals surface area contributed by atoms with Crippen LogP contribution in [0.4, 0.5) is 11.6 Å². The quantitative estimate of drug-likeness (QED) is 0.522. The first kappa shape index (κ1) is 29.6. The lowest BCUT2D eigenvalue weighted by Gasteiger charge is -2.39. The van der Waals surface area contributed by atoms with Crippen molar-refractivity contribution in [3.8, 4) is 0 Å². The van der Waals surface area contributed by atoms with Crippen LogP contribution in [-0.2, 0) is 24.7 Å². The first-order valence-electron chi connectivity index (χ1n) is 15.5. The molecule has 0 radical (unpaired) electrons. The van der Waals surface area contributed by atoms with Gasteiger partial charge in [-0.25, -0.2) is 4.98 Å². The number of fused-ring (bicyclic) bond motifs is 1. The fourth-order valence-corrected chi connectivity index (χ4v) is 7.87. The Morgan fingerprint density at radius 3 is 2.67 bits per heavy atom. The van der Waals surface area contributed by atoms with E-state index < -0.39 is 0 Å². The molecule has 0 spiro atoms. The van der Waals surface area contributed by atoms with Gasteiger partial charge in [0.2, 0.25) is 5.91 Å². The zero-order chi connectivity index (χ0) is 30.2. The maximum atomic E-state index is 13.1. The van der Waals surface area contributed by atoms with Crippen LogP contribution in [-0.4, -0.2) is 89.6 Å². The van der Waals surface area contributed by atoms with Gasteiger partial charge in [0.05, 0.1) is 10.9 Å². The number of anilines is 2. The molecule has 4 unspecified atom stereocenters. The number of aryl methyl sites for hydroxylation is 3. The number of nitrogens with one attached hydrogen (secondary N) is 2. The number of nitrogens with zero attached hydrogens (tertiary/aromatic N) is 5. The van der Waals surface area contributed by atoms with Gasteiger partial charge < -0.3 is 25.0 Å². The van der Waals surface area contributed by atoms with Crippen molar-refractivity contribution in [2.75, 3.05) is 50.5 Å². The fraction of sp³-hybridized carbons (Fsp3) is 0.562. The third kappa shape index (κ3) is 6.15. The maximum absolute atomic E-state index is 13.1. The lowest BCUT2D eigenvalue weighted by molar-refractivity contribution is -0.137. The molecule has 6 rings (SSSR count).